The van der Waals surface area contributed by atoms with Gasteiger partial charge in [-0.05, 0) is 110 Å². The highest BCUT2D eigenvalue weighted by molar-refractivity contribution is 5.97. The van der Waals surface area contributed by atoms with Crippen LogP contribution in [-0.4, -0.2) is 0 Å². The van der Waals surface area contributed by atoms with Gasteiger partial charge in [-0.1, -0.05) is 159 Å². The van der Waals surface area contributed by atoms with Crippen molar-refractivity contribution in [2.75, 3.05) is 4.90 Å². The normalized spacial score (nSPS) is 13.1. The van der Waals surface area contributed by atoms with Crippen molar-refractivity contribution in [2.24, 2.45) is 0 Å². The maximum Gasteiger partial charge on any atom is 0.170 e. The van der Waals surface area contributed by atoms with Crippen molar-refractivity contribution in [3.63, 3.8) is 0 Å². The molecule has 3 nitrogen and oxygen atoms in total. The van der Waals surface area contributed by atoms with Gasteiger partial charge in [-0.25, -0.2) is 0 Å². The van der Waals surface area contributed by atoms with Crippen molar-refractivity contribution in [1.29, 1.82) is 0 Å². The monoisotopic (exact) mass is 745 g/mol. The molecule has 3 heteroatoms. The number of nitrogens with zero attached hydrogens (tertiary/aromatic N) is 1. The molecule has 11 rings (SSSR count). The Hall–Kier alpha value is -7.36. The predicted octanol–water partition coefficient (Wildman–Crippen LogP) is 15.5. The number of benzene rings is 9. The van der Waals surface area contributed by atoms with Gasteiger partial charge in [0, 0.05) is 22.4 Å². The highest BCUT2D eigenvalue weighted by Crippen LogP contribution is 2.52. The Bertz CT molecular complexity index is 3030. The SMILES string of the molecule is CC1(C)c2ccccc2-c2ccc(N(c3ccc(-c4ccccc4)cc3)c3ccccc3-c3ccccc3-c3ccc4c(c3)Oc3cccc5cccc(c35)O4)cc21. The largest absolute Gasteiger partial charge is 0.453 e. The first-order valence-electron chi connectivity index (χ1n) is 19.9. The number of anilines is 3. The van der Waals surface area contributed by atoms with E-state index in [0.29, 0.717) is 11.5 Å². The molecule has 9 aromatic carbocycles. The topological polar surface area (TPSA) is 21.7 Å². The van der Waals surface area contributed by atoms with Crippen molar-refractivity contribution >= 4 is 27.8 Å². The summed E-state index contributed by atoms with van der Waals surface area (Å²) in [5.74, 6) is 2.96. The lowest BCUT2D eigenvalue weighted by atomic mass is 9.82. The van der Waals surface area contributed by atoms with Crippen LogP contribution >= 0.6 is 0 Å². The Morgan fingerprint density at radius 1 is 0.362 bits per heavy atom. The van der Waals surface area contributed by atoms with E-state index in [1.54, 1.807) is 0 Å². The van der Waals surface area contributed by atoms with Gasteiger partial charge in [0.25, 0.3) is 0 Å². The average molecular weight is 746 g/mol. The van der Waals surface area contributed by atoms with E-state index < -0.39 is 0 Å². The zero-order chi connectivity index (χ0) is 38.8. The smallest absolute Gasteiger partial charge is 0.170 e. The van der Waals surface area contributed by atoms with Gasteiger partial charge in [0.05, 0.1) is 11.1 Å². The van der Waals surface area contributed by atoms with Gasteiger partial charge < -0.3 is 14.4 Å². The standard InChI is InChI=1S/C55H39NO2/c1-55(2)47-22-10-8-20-44(47)45-32-31-41(35-48(45)55)56(40-29-26-37(27-30-40)36-14-4-3-5-15-36)49-23-11-9-21-46(49)43-19-7-6-18-42(43)39-28-33-50-53(34-39)58-52-25-13-17-38-16-12-24-51(57-50)54(38)52/h3-35H,1-2H3. The predicted molar refractivity (Wildman–Crippen MR) is 239 cm³/mol. The maximum atomic E-state index is 6.64. The summed E-state index contributed by atoms with van der Waals surface area (Å²) in [7, 11) is 0. The Labute approximate surface area is 339 Å². The lowest BCUT2D eigenvalue weighted by Gasteiger charge is -2.30. The number of ether oxygens (including phenoxy) is 2. The Kier molecular flexibility index (Phi) is 7.84. The first kappa shape index (κ1) is 33.9. The molecule has 58 heavy (non-hydrogen) atoms. The van der Waals surface area contributed by atoms with E-state index in [1.807, 2.05) is 30.3 Å². The zero-order valence-electron chi connectivity index (χ0n) is 32.3. The number of para-hydroxylation sites is 1. The van der Waals surface area contributed by atoms with Crippen LogP contribution < -0.4 is 14.4 Å². The van der Waals surface area contributed by atoms with Crippen LogP contribution in [0.15, 0.2) is 200 Å². The summed E-state index contributed by atoms with van der Waals surface area (Å²) in [6.07, 6.45) is 0. The summed E-state index contributed by atoms with van der Waals surface area (Å²) in [4.78, 5) is 2.42. The van der Waals surface area contributed by atoms with E-state index in [9.17, 15) is 0 Å². The molecule has 276 valence electrons. The highest BCUT2D eigenvalue weighted by atomic mass is 16.5. The van der Waals surface area contributed by atoms with Crippen LogP contribution in [-0.2, 0) is 5.41 Å². The number of hydrogen-bond donors (Lipinski definition) is 0. The van der Waals surface area contributed by atoms with Gasteiger partial charge >= 0.3 is 0 Å². The molecule has 0 fully saturated rings. The molecule has 0 radical (unpaired) electrons. The Balaban J connectivity index is 1.06. The molecule has 2 aliphatic rings. The van der Waals surface area contributed by atoms with E-state index in [-0.39, 0.29) is 5.41 Å². The van der Waals surface area contributed by atoms with Gasteiger partial charge in [0.15, 0.2) is 11.5 Å². The lowest BCUT2D eigenvalue weighted by Crippen LogP contribution is -2.17. The third-order valence-electron chi connectivity index (χ3n) is 11.9. The fraction of sp³-hybridized carbons (Fsp3) is 0.0545. The molecule has 0 N–H and O–H groups in total. The average Bonchev–Trinajstić information content (AvgIpc) is 3.38. The summed E-state index contributed by atoms with van der Waals surface area (Å²) in [5.41, 5.74) is 15.2. The summed E-state index contributed by atoms with van der Waals surface area (Å²) < 4.78 is 13.1. The number of fused-ring (bicyclic) bond motifs is 4. The van der Waals surface area contributed by atoms with Crippen LogP contribution in [0.1, 0.15) is 25.0 Å². The van der Waals surface area contributed by atoms with Gasteiger partial charge in [0.2, 0.25) is 0 Å². The second-order valence-electron chi connectivity index (χ2n) is 15.7. The van der Waals surface area contributed by atoms with Gasteiger partial charge in [-0.3, -0.25) is 0 Å². The molecule has 1 aliphatic carbocycles. The summed E-state index contributed by atoms with van der Waals surface area (Å²) >= 11 is 0. The van der Waals surface area contributed by atoms with Crippen LogP contribution in [0.3, 0.4) is 0 Å². The summed E-state index contributed by atoms with van der Waals surface area (Å²) in [6, 6.07) is 71.4. The molecule has 0 saturated heterocycles. The zero-order valence-corrected chi connectivity index (χ0v) is 32.3. The van der Waals surface area contributed by atoms with Crippen LogP contribution in [0.5, 0.6) is 23.0 Å². The molecular formula is C55H39NO2. The van der Waals surface area contributed by atoms with Crippen molar-refractivity contribution in [2.45, 2.75) is 19.3 Å². The summed E-state index contributed by atoms with van der Waals surface area (Å²) in [6.45, 7) is 4.69. The first-order chi connectivity index (χ1) is 28.5. The fourth-order valence-electron chi connectivity index (χ4n) is 9.08. The van der Waals surface area contributed by atoms with Crippen molar-refractivity contribution in [1.82, 2.24) is 0 Å². The molecule has 1 heterocycles. The number of hydrogen-bond acceptors (Lipinski definition) is 3. The second-order valence-corrected chi connectivity index (χ2v) is 15.7. The van der Waals surface area contributed by atoms with E-state index in [1.165, 1.54) is 33.4 Å². The first-order valence-corrected chi connectivity index (χ1v) is 19.9. The van der Waals surface area contributed by atoms with Crippen molar-refractivity contribution < 1.29 is 9.47 Å². The van der Waals surface area contributed by atoms with E-state index in [2.05, 4.69) is 189 Å². The molecule has 0 saturated carbocycles. The molecule has 0 unspecified atom stereocenters. The quantitative estimate of drug-likeness (QED) is 0.169. The maximum absolute atomic E-state index is 6.64. The third kappa shape index (κ3) is 5.50. The molecule has 1 aliphatic heterocycles. The van der Waals surface area contributed by atoms with Crippen molar-refractivity contribution in [3.8, 4) is 67.5 Å². The molecule has 0 atom stereocenters. The number of rotatable bonds is 6. The molecule has 0 spiro atoms. The lowest BCUT2D eigenvalue weighted by molar-refractivity contribution is 0.439. The van der Waals surface area contributed by atoms with Gasteiger partial charge in [0.1, 0.15) is 11.5 Å². The van der Waals surface area contributed by atoms with Crippen LogP contribution in [0.4, 0.5) is 17.1 Å². The molecule has 0 bridgehead atoms. The minimum Gasteiger partial charge on any atom is -0.453 e. The van der Waals surface area contributed by atoms with Crippen LogP contribution in [0.2, 0.25) is 0 Å². The Morgan fingerprint density at radius 3 is 1.72 bits per heavy atom. The second kappa shape index (κ2) is 13.4. The van der Waals surface area contributed by atoms with Crippen LogP contribution in [0.25, 0.3) is 55.3 Å². The molecular weight excluding hydrogens is 707 g/mol. The third-order valence-corrected chi connectivity index (χ3v) is 11.9. The fourth-order valence-corrected chi connectivity index (χ4v) is 9.08. The van der Waals surface area contributed by atoms with E-state index >= 15 is 0 Å². The van der Waals surface area contributed by atoms with E-state index in [0.717, 1.165) is 61.6 Å². The van der Waals surface area contributed by atoms with E-state index in [4.69, 9.17) is 9.47 Å². The minimum atomic E-state index is -0.138. The highest BCUT2D eigenvalue weighted by Gasteiger charge is 2.36. The Morgan fingerprint density at radius 2 is 0.948 bits per heavy atom. The van der Waals surface area contributed by atoms with Gasteiger partial charge in [-0.15, -0.1) is 0 Å². The molecule has 0 aromatic heterocycles. The molecule has 0 amide bonds. The minimum absolute atomic E-state index is 0.138. The molecule has 9 aromatic rings. The van der Waals surface area contributed by atoms with Crippen LogP contribution in [0, 0.1) is 0 Å². The van der Waals surface area contributed by atoms with Gasteiger partial charge in [-0.2, -0.15) is 0 Å². The van der Waals surface area contributed by atoms with Crippen molar-refractivity contribution in [3.05, 3.63) is 211 Å². The summed E-state index contributed by atoms with van der Waals surface area (Å²) in [5, 5.41) is 2.06.